The minimum Gasteiger partial charge on any atom is -0.269 e. The smallest absolute Gasteiger partial charge is 0.0192 e. The molecule has 0 radical (unpaired) electrons. The first kappa shape index (κ1) is 7.15. The van der Waals surface area contributed by atoms with Gasteiger partial charge in [-0.05, 0) is 6.92 Å². The standard InChI is InChI=1S/C7H11N/c1-3-5-6-7-8-4-2/h3-5,7H,2,6H2,1H3. The van der Waals surface area contributed by atoms with E-state index in [1.165, 1.54) is 6.20 Å². The van der Waals surface area contributed by atoms with E-state index in [-0.39, 0.29) is 0 Å². The highest BCUT2D eigenvalue weighted by Gasteiger charge is 1.63. The Labute approximate surface area is 50.4 Å². The molecule has 0 N–H and O–H groups in total. The van der Waals surface area contributed by atoms with E-state index < -0.39 is 0 Å². The molecule has 0 aliphatic rings. The zero-order valence-corrected chi connectivity index (χ0v) is 5.17. The van der Waals surface area contributed by atoms with Gasteiger partial charge < -0.3 is 0 Å². The lowest BCUT2D eigenvalue weighted by atomic mass is 10.4. The largest absolute Gasteiger partial charge is 0.269 e. The van der Waals surface area contributed by atoms with Gasteiger partial charge in [-0.2, -0.15) is 0 Å². The van der Waals surface area contributed by atoms with E-state index >= 15 is 0 Å². The number of nitrogens with zero attached hydrogens (tertiary/aromatic N) is 1. The van der Waals surface area contributed by atoms with Crippen molar-refractivity contribution >= 4 is 6.21 Å². The predicted octanol–water partition coefficient (Wildman–Crippen LogP) is 2.17. The van der Waals surface area contributed by atoms with Gasteiger partial charge in [0.2, 0.25) is 0 Å². The Balaban J connectivity index is 3.15. The maximum atomic E-state index is 3.80. The number of allylic oxidation sites excluding steroid dienone is 2. The molecule has 44 valence electrons. The Bertz CT molecular complexity index is 101. The third-order valence-electron chi connectivity index (χ3n) is 0.688. The van der Waals surface area contributed by atoms with E-state index in [0.29, 0.717) is 0 Å². The van der Waals surface area contributed by atoms with Gasteiger partial charge in [0.25, 0.3) is 0 Å². The second-order valence-corrected chi connectivity index (χ2v) is 1.32. The number of rotatable bonds is 3. The summed E-state index contributed by atoms with van der Waals surface area (Å²) in [5.74, 6) is 0. The Hall–Kier alpha value is -0.850. The van der Waals surface area contributed by atoms with Crippen molar-refractivity contribution in [1.82, 2.24) is 0 Å². The molecule has 0 spiro atoms. The van der Waals surface area contributed by atoms with Crippen LogP contribution in [0, 0.1) is 0 Å². The molecule has 0 saturated carbocycles. The first-order valence-corrected chi connectivity index (χ1v) is 2.65. The molecule has 0 aromatic rings. The van der Waals surface area contributed by atoms with Crippen LogP contribution < -0.4 is 0 Å². The molecule has 0 aromatic carbocycles. The SMILES string of the molecule is C=CN=CCC=CC. The maximum absolute atomic E-state index is 3.80. The third kappa shape index (κ3) is 5.15. The van der Waals surface area contributed by atoms with E-state index in [0.717, 1.165) is 6.42 Å². The molecule has 0 bridgehead atoms. The lowest BCUT2D eigenvalue weighted by Gasteiger charge is -1.74. The molecule has 8 heavy (non-hydrogen) atoms. The highest BCUT2D eigenvalue weighted by atomic mass is 14.6. The molecule has 0 aliphatic heterocycles. The van der Waals surface area contributed by atoms with Crippen molar-refractivity contribution in [2.24, 2.45) is 4.99 Å². The number of aliphatic imine (C=N–C) groups is 1. The highest BCUT2D eigenvalue weighted by Crippen LogP contribution is 1.76. The monoisotopic (exact) mass is 109 g/mol. The van der Waals surface area contributed by atoms with Gasteiger partial charge in [-0.3, -0.25) is 4.99 Å². The third-order valence-corrected chi connectivity index (χ3v) is 0.688. The van der Waals surface area contributed by atoms with Crippen LogP contribution >= 0.6 is 0 Å². The second-order valence-electron chi connectivity index (χ2n) is 1.32. The predicted molar refractivity (Wildman–Crippen MR) is 38.1 cm³/mol. The van der Waals surface area contributed by atoms with Crippen molar-refractivity contribution in [3.8, 4) is 0 Å². The summed E-state index contributed by atoms with van der Waals surface area (Å²) in [6.45, 7) is 5.42. The van der Waals surface area contributed by atoms with Crippen molar-refractivity contribution in [3.63, 3.8) is 0 Å². The Morgan fingerprint density at radius 1 is 1.62 bits per heavy atom. The van der Waals surface area contributed by atoms with Gasteiger partial charge >= 0.3 is 0 Å². The normalized spacial score (nSPS) is 11.1. The molecule has 0 aliphatic carbocycles. The average Bonchev–Trinajstić information content (AvgIpc) is 1.81. The highest BCUT2D eigenvalue weighted by molar-refractivity contribution is 5.59. The summed E-state index contributed by atoms with van der Waals surface area (Å²) in [5.41, 5.74) is 0. The molecule has 0 heterocycles. The summed E-state index contributed by atoms with van der Waals surface area (Å²) in [4.78, 5) is 3.80. The summed E-state index contributed by atoms with van der Waals surface area (Å²) >= 11 is 0. The molecule has 0 fully saturated rings. The molecular formula is C7H11N. The fourth-order valence-corrected chi connectivity index (χ4v) is 0.332. The Kier molecular flexibility index (Phi) is 5.50. The molecule has 0 atom stereocenters. The van der Waals surface area contributed by atoms with Crippen LogP contribution in [0.3, 0.4) is 0 Å². The van der Waals surface area contributed by atoms with E-state index in [1.54, 1.807) is 0 Å². The minimum absolute atomic E-state index is 0.905. The van der Waals surface area contributed by atoms with Crippen LogP contribution in [0.15, 0.2) is 29.9 Å². The van der Waals surface area contributed by atoms with Crippen molar-refractivity contribution in [3.05, 3.63) is 24.9 Å². The van der Waals surface area contributed by atoms with Gasteiger partial charge in [-0.1, -0.05) is 18.7 Å². The zero-order valence-electron chi connectivity index (χ0n) is 5.17. The van der Waals surface area contributed by atoms with Gasteiger partial charge in [0, 0.05) is 18.8 Å². The van der Waals surface area contributed by atoms with Crippen LogP contribution in [-0.4, -0.2) is 6.21 Å². The topological polar surface area (TPSA) is 12.4 Å². The average molecular weight is 109 g/mol. The molecular weight excluding hydrogens is 98.1 g/mol. The first-order valence-electron chi connectivity index (χ1n) is 2.65. The second kappa shape index (κ2) is 6.15. The van der Waals surface area contributed by atoms with Crippen LogP contribution in [0.5, 0.6) is 0 Å². The summed E-state index contributed by atoms with van der Waals surface area (Å²) in [6.07, 6.45) is 8.28. The molecule has 1 nitrogen and oxygen atoms in total. The van der Waals surface area contributed by atoms with E-state index in [9.17, 15) is 0 Å². The van der Waals surface area contributed by atoms with Crippen LogP contribution in [0.1, 0.15) is 13.3 Å². The molecule has 0 amide bonds. The van der Waals surface area contributed by atoms with Gasteiger partial charge in [0.05, 0.1) is 0 Å². The quantitative estimate of drug-likeness (QED) is 0.389. The van der Waals surface area contributed by atoms with Crippen molar-refractivity contribution in [2.45, 2.75) is 13.3 Å². The van der Waals surface area contributed by atoms with Crippen LogP contribution in [0.4, 0.5) is 0 Å². The van der Waals surface area contributed by atoms with Crippen LogP contribution in [-0.2, 0) is 0 Å². The van der Waals surface area contributed by atoms with E-state index in [1.807, 2.05) is 25.3 Å². The molecule has 0 saturated heterocycles. The Morgan fingerprint density at radius 3 is 2.88 bits per heavy atom. The van der Waals surface area contributed by atoms with Gasteiger partial charge in [0.15, 0.2) is 0 Å². The maximum Gasteiger partial charge on any atom is 0.0192 e. The summed E-state index contributed by atoms with van der Waals surface area (Å²) in [5, 5.41) is 0. The molecule has 0 aromatic heterocycles. The van der Waals surface area contributed by atoms with Gasteiger partial charge in [0.1, 0.15) is 0 Å². The fraction of sp³-hybridized carbons (Fsp3) is 0.286. The van der Waals surface area contributed by atoms with Crippen molar-refractivity contribution in [2.75, 3.05) is 0 Å². The van der Waals surface area contributed by atoms with Gasteiger partial charge in [-0.15, -0.1) is 0 Å². The Morgan fingerprint density at radius 2 is 2.38 bits per heavy atom. The van der Waals surface area contributed by atoms with Crippen LogP contribution in [0.25, 0.3) is 0 Å². The number of hydrogen-bond acceptors (Lipinski definition) is 1. The van der Waals surface area contributed by atoms with Crippen LogP contribution in [0.2, 0.25) is 0 Å². The van der Waals surface area contributed by atoms with E-state index in [4.69, 9.17) is 0 Å². The van der Waals surface area contributed by atoms with E-state index in [2.05, 4.69) is 11.6 Å². The summed E-state index contributed by atoms with van der Waals surface area (Å²) in [6, 6.07) is 0. The lowest BCUT2D eigenvalue weighted by molar-refractivity contribution is 1.46. The molecule has 1 heteroatoms. The van der Waals surface area contributed by atoms with Crippen molar-refractivity contribution in [1.29, 1.82) is 0 Å². The first-order chi connectivity index (χ1) is 3.91. The van der Waals surface area contributed by atoms with Gasteiger partial charge in [-0.25, -0.2) is 0 Å². The molecule has 0 unspecified atom stereocenters. The molecule has 0 rings (SSSR count). The fourth-order valence-electron chi connectivity index (χ4n) is 0.332. The summed E-state index contributed by atoms with van der Waals surface area (Å²) in [7, 11) is 0. The zero-order chi connectivity index (χ0) is 6.24. The number of hydrogen-bond donors (Lipinski definition) is 0. The lowest BCUT2D eigenvalue weighted by Crippen LogP contribution is -1.64. The van der Waals surface area contributed by atoms with Crippen molar-refractivity contribution < 1.29 is 0 Å². The summed E-state index contributed by atoms with van der Waals surface area (Å²) < 4.78 is 0. The minimum atomic E-state index is 0.905.